The molecule has 1 fully saturated rings. The van der Waals surface area contributed by atoms with Gasteiger partial charge in [-0.3, -0.25) is 4.79 Å². The van der Waals surface area contributed by atoms with Crippen molar-refractivity contribution in [3.63, 3.8) is 0 Å². The number of aromatic nitrogens is 2. The number of carbonyl (C=O) groups excluding carboxylic acids is 1. The number of rotatable bonds is 6. The second kappa shape index (κ2) is 7.07. The Morgan fingerprint density at radius 3 is 2.86 bits per heavy atom. The Balaban J connectivity index is 1.93. The van der Waals surface area contributed by atoms with Crippen molar-refractivity contribution in [1.82, 2.24) is 20.2 Å². The van der Waals surface area contributed by atoms with Crippen LogP contribution in [-0.2, 0) is 16.8 Å². The summed E-state index contributed by atoms with van der Waals surface area (Å²) in [6.07, 6.45) is 6.59. The topological polar surface area (TPSA) is 59.0 Å². The lowest BCUT2D eigenvalue weighted by Crippen LogP contribution is -2.39. The molecule has 118 valence electrons. The van der Waals surface area contributed by atoms with E-state index in [1.54, 1.807) is 0 Å². The van der Waals surface area contributed by atoms with Crippen LogP contribution in [0.1, 0.15) is 45.7 Å². The van der Waals surface area contributed by atoms with Gasteiger partial charge in [0.2, 0.25) is 5.91 Å². The molecule has 1 aromatic heterocycles. The van der Waals surface area contributed by atoms with E-state index in [1.807, 2.05) is 12.5 Å². The fourth-order valence-electron chi connectivity index (χ4n) is 2.86. The summed E-state index contributed by atoms with van der Waals surface area (Å²) in [5.74, 6) is 0.616. The quantitative estimate of drug-likeness (QED) is 0.839. The van der Waals surface area contributed by atoms with Crippen molar-refractivity contribution in [1.29, 1.82) is 0 Å². The van der Waals surface area contributed by atoms with Crippen LogP contribution in [0.2, 0.25) is 0 Å². The Morgan fingerprint density at radius 2 is 2.19 bits per heavy atom. The van der Waals surface area contributed by atoms with Crippen LogP contribution in [0, 0.1) is 5.92 Å². The van der Waals surface area contributed by atoms with Gasteiger partial charge in [-0.2, -0.15) is 0 Å². The first-order chi connectivity index (χ1) is 10.0. The van der Waals surface area contributed by atoms with Crippen LogP contribution in [0.5, 0.6) is 0 Å². The molecule has 0 bridgehead atoms. The van der Waals surface area contributed by atoms with Gasteiger partial charge in [-0.05, 0) is 31.8 Å². The molecular formula is C16H28N4O. The molecule has 2 heterocycles. The van der Waals surface area contributed by atoms with Gasteiger partial charge < -0.3 is 15.2 Å². The Hall–Kier alpha value is -1.36. The van der Waals surface area contributed by atoms with Crippen LogP contribution in [0.25, 0.3) is 0 Å². The van der Waals surface area contributed by atoms with Crippen LogP contribution >= 0.6 is 0 Å². The molecule has 0 saturated carbocycles. The lowest BCUT2D eigenvalue weighted by molar-refractivity contribution is -0.121. The van der Waals surface area contributed by atoms with Gasteiger partial charge in [0.25, 0.3) is 0 Å². The van der Waals surface area contributed by atoms with Gasteiger partial charge in [-0.1, -0.05) is 20.8 Å². The largest absolute Gasteiger partial charge is 0.356 e. The van der Waals surface area contributed by atoms with Crippen molar-refractivity contribution in [2.75, 3.05) is 19.6 Å². The van der Waals surface area contributed by atoms with Crippen LogP contribution in [-0.4, -0.2) is 35.1 Å². The maximum atomic E-state index is 11.9. The smallest absolute Gasteiger partial charge is 0.221 e. The third-order valence-electron chi connectivity index (χ3n) is 4.33. The van der Waals surface area contributed by atoms with Crippen molar-refractivity contribution in [2.24, 2.45) is 5.92 Å². The minimum absolute atomic E-state index is 0.124. The summed E-state index contributed by atoms with van der Waals surface area (Å²) in [5.41, 5.74) is 1.44. The van der Waals surface area contributed by atoms with Gasteiger partial charge in [0, 0.05) is 36.8 Å². The fourth-order valence-corrected chi connectivity index (χ4v) is 2.86. The number of amides is 1. The summed E-state index contributed by atoms with van der Waals surface area (Å²) in [6.45, 7) is 10.1. The second-order valence-corrected chi connectivity index (χ2v) is 6.73. The Labute approximate surface area is 127 Å². The standard InChI is InChI=1S/C16H28N4O/c1-13(2)10-19-15(21)4-9-20-12-18-11-14(20)16(3)5-7-17-8-6-16/h11-13,17H,4-10H2,1-3H3,(H,19,21). The third-order valence-corrected chi connectivity index (χ3v) is 4.33. The zero-order valence-corrected chi connectivity index (χ0v) is 13.5. The average molecular weight is 292 g/mol. The molecule has 5 heteroatoms. The van der Waals surface area contributed by atoms with Gasteiger partial charge in [0.05, 0.1) is 6.33 Å². The molecule has 0 aliphatic carbocycles. The summed E-state index contributed by atoms with van der Waals surface area (Å²) in [5, 5.41) is 6.38. The van der Waals surface area contributed by atoms with Gasteiger partial charge in [-0.25, -0.2) is 4.98 Å². The first-order valence-corrected chi connectivity index (χ1v) is 7.99. The Kier molecular flexibility index (Phi) is 5.39. The molecule has 0 unspecified atom stereocenters. The van der Waals surface area contributed by atoms with E-state index in [9.17, 15) is 4.79 Å². The molecule has 0 atom stereocenters. The lowest BCUT2D eigenvalue weighted by atomic mass is 9.78. The molecular weight excluding hydrogens is 264 g/mol. The highest BCUT2D eigenvalue weighted by Crippen LogP contribution is 2.32. The average Bonchev–Trinajstić information content (AvgIpc) is 2.93. The molecule has 0 radical (unpaired) electrons. The number of nitrogens with one attached hydrogen (secondary N) is 2. The van der Waals surface area contributed by atoms with Gasteiger partial charge in [0.15, 0.2) is 0 Å². The molecule has 1 aromatic rings. The summed E-state index contributed by atoms with van der Waals surface area (Å²) >= 11 is 0. The van der Waals surface area contributed by atoms with Crippen LogP contribution in [0.3, 0.4) is 0 Å². The lowest BCUT2D eigenvalue weighted by Gasteiger charge is -2.34. The zero-order chi connectivity index (χ0) is 15.3. The van der Waals surface area contributed by atoms with Gasteiger partial charge in [-0.15, -0.1) is 0 Å². The monoisotopic (exact) mass is 292 g/mol. The Bertz CT molecular complexity index is 461. The second-order valence-electron chi connectivity index (χ2n) is 6.73. The minimum Gasteiger partial charge on any atom is -0.356 e. The van der Waals surface area contributed by atoms with Crippen molar-refractivity contribution in [2.45, 2.75) is 52.0 Å². The summed E-state index contributed by atoms with van der Waals surface area (Å²) in [7, 11) is 0. The number of aryl methyl sites for hydroxylation is 1. The van der Waals surface area contributed by atoms with Gasteiger partial charge >= 0.3 is 0 Å². The van der Waals surface area contributed by atoms with E-state index in [0.717, 1.165) is 32.5 Å². The van der Waals surface area contributed by atoms with E-state index in [1.165, 1.54) is 5.69 Å². The summed E-state index contributed by atoms with van der Waals surface area (Å²) < 4.78 is 2.15. The third kappa shape index (κ3) is 4.30. The first kappa shape index (κ1) is 16.0. The molecule has 21 heavy (non-hydrogen) atoms. The van der Waals surface area contributed by atoms with E-state index in [0.29, 0.717) is 18.9 Å². The SMILES string of the molecule is CC(C)CNC(=O)CCn1cncc1C1(C)CCNCC1. The van der Waals surface area contributed by atoms with E-state index in [2.05, 4.69) is 41.0 Å². The number of piperidine rings is 1. The van der Waals surface area contributed by atoms with E-state index >= 15 is 0 Å². The minimum atomic E-state index is 0.124. The molecule has 0 spiro atoms. The maximum Gasteiger partial charge on any atom is 0.221 e. The van der Waals surface area contributed by atoms with Crippen molar-refractivity contribution < 1.29 is 4.79 Å². The van der Waals surface area contributed by atoms with E-state index < -0.39 is 0 Å². The van der Waals surface area contributed by atoms with Crippen LogP contribution in [0.15, 0.2) is 12.5 Å². The maximum absolute atomic E-state index is 11.9. The molecule has 1 aliphatic heterocycles. The van der Waals surface area contributed by atoms with Crippen LogP contribution < -0.4 is 10.6 Å². The van der Waals surface area contributed by atoms with Crippen molar-refractivity contribution in [3.05, 3.63) is 18.2 Å². The van der Waals surface area contributed by atoms with Gasteiger partial charge in [0.1, 0.15) is 0 Å². The number of nitrogens with zero attached hydrogens (tertiary/aromatic N) is 2. The van der Waals surface area contributed by atoms with E-state index in [4.69, 9.17) is 0 Å². The van der Waals surface area contributed by atoms with E-state index in [-0.39, 0.29) is 11.3 Å². The molecule has 0 aromatic carbocycles. The Morgan fingerprint density at radius 1 is 1.48 bits per heavy atom. The van der Waals surface area contributed by atoms with Crippen LogP contribution in [0.4, 0.5) is 0 Å². The number of imidazole rings is 1. The predicted octanol–water partition coefficient (Wildman–Crippen LogP) is 1.69. The highest BCUT2D eigenvalue weighted by Gasteiger charge is 2.31. The molecule has 5 nitrogen and oxygen atoms in total. The molecule has 1 aliphatic rings. The number of hydrogen-bond donors (Lipinski definition) is 2. The highest BCUT2D eigenvalue weighted by atomic mass is 16.1. The molecule has 1 amide bonds. The highest BCUT2D eigenvalue weighted by molar-refractivity contribution is 5.75. The molecule has 1 saturated heterocycles. The zero-order valence-electron chi connectivity index (χ0n) is 13.5. The summed E-state index contributed by atoms with van der Waals surface area (Å²) in [6, 6.07) is 0. The first-order valence-electron chi connectivity index (χ1n) is 7.99. The predicted molar refractivity (Wildman–Crippen MR) is 84.1 cm³/mol. The fraction of sp³-hybridized carbons (Fsp3) is 0.750. The van der Waals surface area contributed by atoms with Crippen molar-refractivity contribution >= 4 is 5.91 Å². The summed E-state index contributed by atoms with van der Waals surface area (Å²) in [4.78, 5) is 16.2. The normalized spacial score (nSPS) is 17.9. The molecule has 2 N–H and O–H groups in total. The van der Waals surface area contributed by atoms with Crippen molar-refractivity contribution in [3.8, 4) is 0 Å². The number of carbonyl (C=O) groups is 1. The number of hydrogen-bond acceptors (Lipinski definition) is 3. The molecule has 2 rings (SSSR count).